The van der Waals surface area contributed by atoms with Crippen LogP contribution in [0.4, 0.5) is 5.82 Å². The second kappa shape index (κ2) is 8.26. The third kappa shape index (κ3) is 4.14. The van der Waals surface area contributed by atoms with Crippen molar-refractivity contribution in [3.05, 3.63) is 48.3 Å². The molecule has 27 heavy (non-hydrogen) atoms. The topological polar surface area (TPSA) is 101 Å². The van der Waals surface area contributed by atoms with Crippen LogP contribution in [0.5, 0.6) is 5.88 Å². The lowest BCUT2D eigenvalue weighted by molar-refractivity contribution is -0.165. The van der Waals surface area contributed by atoms with Gasteiger partial charge in [0.2, 0.25) is 5.91 Å². The van der Waals surface area contributed by atoms with Gasteiger partial charge in [0.25, 0.3) is 5.88 Å². The molecular formula is C20H23N3O4. The quantitative estimate of drug-likeness (QED) is 0.786. The molecule has 2 N–H and O–H groups in total. The Labute approximate surface area is 157 Å². The van der Waals surface area contributed by atoms with Gasteiger partial charge in [-0.1, -0.05) is 49.6 Å². The van der Waals surface area contributed by atoms with E-state index in [0.29, 0.717) is 5.56 Å². The Morgan fingerprint density at radius 2 is 1.78 bits per heavy atom. The summed E-state index contributed by atoms with van der Waals surface area (Å²) in [5, 5.41) is 14.0. The highest BCUT2D eigenvalue weighted by Crippen LogP contribution is 2.40. The average Bonchev–Trinajstić information content (AvgIpc) is 2.69. The molecule has 1 aromatic carbocycles. The van der Waals surface area contributed by atoms with Crippen molar-refractivity contribution in [3.8, 4) is 5.88 Å². The van der Waals surface area contributed by atoms with Gasteiger partial charge in [-0.05, 0) is 18.4 Å². The third-order valence-corrected chi connectivity index (χ3v) is 4.87. The van der Waals surface area contributed by atoms with Gasteiger partial charge in [0, 0.05) is 25.2 Å². The van der Waals surface area contributed by atoms with E-state index in [1.54, 1.807) is 24.3 Å². The number of hydrogen-bond donors (Lipinski definition) is 2. The number of amides is 1. The summed E-state index contributed by atoms with van der Waals surface area (Å²) in [6.45, 7) is 1.32. The molecule has 142 valence electrons. The first kappa shape index (κ1) is 19.0. The second-order valence-corrected chi connectivity index (χ2v) is 6.75. The zero-order chi connectivity index (χ0) is 19.3. The van der Waals surface area contributed by atoms with Crippen molar-refractivity contribution in [1.82, 2.24) is 9.97 Å². The highest BCUT2D eigenvalue weighted by molar-refractivity contribution is 5.90. The van der Waals surface area contributed by atoms with Gasteiger partial charge in [-0.25, -0.2) is 14.8 Å². The number of rotatable bonds is 5. The van der Waals surface area contributed by atoms with Crippen molar-refractivity contribution in [2.45, 2.75) is 44.6 Å². The van der Waals surface area contributed by atoms with Crippen molar-refractivity contribution in [2.24, 2.45) is 5.92 Å². The van der Waals surface area contributed by atoms with Crippen LogP contribution in [0.25, 0.3) is 0 Å². The molecule has 1 saturated carbocycles. The molecule has 1 aliphatic carbocycles. The number of benzene rings is 1. The van der Waals surface area contributed by atoms with Crippen LogP contribution in [0.3, 0.4) is 0 Å². The van der Waals surface area contributed by atoms with Gasteiger partial charge in [-0.3, -0.25) is 4.79 Å². The number of esters is 1. The van der Waals surface area contributed by atoms with Crippen molar-refractivity contribution >= 4 is 17.7 Å². The van der Waals surface area contributed by atoms with Crippen molar-refractivity contribution in [2.75, 3.05) is 5.32 Å². The lowest BCUT2D eigenvalue weighted by atomic mass is 9.73. The Balaban J connectivity index is 1.94. The minimum Gasteiger partial charge on any atom is -0.401 e. The number of hydrogen-bond acceptors (Lipinski definition) is 6. The molecule has 0 radical (unpaired) electrons. The van der Waals surface area contributed by atoms with E-state index in [1.165, 1.54) is 19.3 Å². The summed E-state index contributed by atoms with van der Waals surface area (Å²) in [6.07, 6.45) is 7.21. The molecule has 1 heterocycles. The predicted molar refractivity (Wildman–Crippen MR) is 98.9 cm³/mol. The van der Waals surface area contributed by atoms with Crippen molar-refractivity contribution in [3.63, 3.8) is 0 Å². The largest absolute Gasteiger partial charge is 0.401 e. The molecule has 0 aliphatic heterocycles. The van der Waals surface area contributed by atoms with E-state index >= 15 is 0 Å². The van der Waals surface area contributed by atoms with E-state index in [4.69, 9.17) is 4.74 Å². The highest BCUT2D eigenvalue weighted by Gasteiger charge is 2.47. The summed E-state index contributed by atoms with van der Waals surface area (Å²) in [5.74, 6) is -1.52. The Morgan fingerprint density at radius 3 is 2.44 bits per heavy atom. The van der Waals surface area contributed by atoms with Crippen LogP contribution in [0, 0.1) is 5.92 Å². The summed E-state index contributed by atoms with van der Waals surface area (Å²) in [7, 11) is 0. The van der Waals surface area contributed by atoms with Crippen molar-refractivity contribution < 1.29 is 19.4 Å². The maximum Gasteiger partial charge on any atom is 0.349 e. The normalized spacial score (nSPS) is 17.0. The van der Waals surface area contributed by atoms with Gasteiger partial charge >= 0.3 is 5.97 Å². The first-order chi connectivity index (χ1) is 13.0. The minimum absolute atomic E-state index is 0.0393. The van der Waals surface area contributed by atoms with Crippen LogP contribution < -0.4 is 10.1 Å². The summed E-state index contributed by atoms with van der Waals surface area (Å²) in [5.41, 5.74) is -1.29. The van der Waals surface area contributed by atoms with Crippen LogP contribution in [-0.2, 0) is 15.2 Å². The highest BCUT2D eigenvalue weighted by atomic mass is 16.6. The molecule has 0 bridgehead atoms. The SMILES string of the molecule is CC(=O)Nc1nccnc1OC(=O)[C@](O)(c1ccccc1)C1CCCCC1. The monoisotopic (exact) mass is 369 g/mol. The van der Waals surface area contributed by atoms with Gasteiger partial charge in [0.1, 0.15) is 0 Å². The fraction of sp³-hybridized carbons (Fsp3) is 0.400. The molecule has 2 aromatic rings. The third-order valence-electron chi connectivity index (χ3n) is 4.87. The molecule has 7 nitrogen and oxygen atoms in total. The number of anilines is 1. The number of ether oxygens (including phenoxy) is 1. The molecule has 0 saturated heterocycles. The van der Waals surface area contributed by atoms with Crippen LogP contribution >= 0.6 is 0 Å². The number of nitrogens with zero attached hydrogens (tertiary/aromatic N) is 2. The van der Waals surface area contributed by atoms with E-state index < -0.39 is 11.6 Å². The van der Waals surface area contributed by atoms with E-state index in [2.05, 4.69) is 15.3 Å². The summed E-state index contributed by atoms with van der Waals surface area (Å²) in [6, 6.07) is 8.83. The lowest BCUT2D eigenvalue weighted by Crippen LogP contribution is -2.46. The Kier molecular flexibility index (Phi) is 5.81. The number of aliphatic hydroxyl groups is 1. The molecule has 1 fully saturated rings. The Bertz CT molecular complexity index is 806. The fourth-order valence-electron chi connectivity index (χ4n) is 3.55. The predicted octanol–water partition coefficient (Wildman–Crippen LogP) is 2.81. The number of aromatic nitrogens is 2. The van der Waals surface area contributed by atoms with Crippen molar-refractivity contribution in [1.29, 1.82) is 0 Å². The maximum absolute atomic E-state index is 13.1. The fourth-order valence-corrected chi connectivity index (χ4v) is 3.55. The number of nitrogens with one attached hydrogen (secondary N) is 1. The average molecular weight is 369 g/mol. The summed E-state index contributed by atoms with van der Waals surface area (Å²) in [4.78, 5) is 32.4. The minimum atomic E-state index is -1.79. The summed E-state index contributed by atoms with van der Waals surface area (Å²) >= 11 is 0. The molecule has 1 atom stereocenters. The van der Waals surface area contributed by atoms with Gasteiger partial charge in [-0.2, -0.15) is 0 Å². The second-order valence-electron chi connectivity index (χ2n) is 6.75. The van der Waals surface area contributed by atoms with Gasteiger partial charge in [0.15, 0.2) is 11.4 Å². The Hall–Kier alpha value is -2.80. The zero-order valence-electron chi connectivity index (χ0n) is 15.2. The van der Waals surface area contributed by atoms with Crippen LogP contribution in [0.1, 0.15) is 44.6 Å². The zero-order valence-corrected chi connectivity index (χ0v) is 15.2. The molecule has 1 aromatic heterocycles. The molecule has 3 rings (SSSR count). The summed E-state index contributed by atoms with van der Waals surface area (Å²) < 4.78 is 5.44. The lowest BCUT2D eigenvalue weighted by Gasteiger charge is -2.36. The molecular weight excluding hydrogens is 346 g/mol. The van der Waals surface area contributed by atoms with Crippen LogP contribution in [0.2, 0.25) is 0 Å². The van der Waals surface area contributed by atoms with Crippen LogP contribution in [-0.4, -0.2) is 27.0 Å². The van der Waals surface area contributed by atoms with Gasteiger partial charge in [0.05, 0.1) is 0 Å². The molecule has 0 unspecified atom stereocenters. The maximum atomic E-state index is 13.1. The van der Waals surface area contributed by atoms with Gasteiger partial charge < -0.3 is 15.2 Å². The number of carbonyl (C=O) groups excluding carboxylic acids is 2. The molecule has 7 heteroatoms. The molecule has 0 spiro atoms. The standard InChI is InChI=1S/C20H23N3O4/c1-14(24)23-17-18(22-13-12-21-17)27-19(25)20(26,15-8-4-2-5-9-15)16-10-6-3-7-11-16/h2,4-5,8-9,12-13,16,26H,3,6-7,10-11H2,1H3,(H,21,23,24)/t20-/m0/s1. The van der Waals surface area contributed by atoms with Crippen LogP contribution in [0.15, 0.2) is 42.7 Å². The first-order valence-corrected chi connectivity index (χ1v) is 9.10. The first-order valence-electron chi connectivity index (χ1n) is 9.10. The van der Waals surface area contributed by atoms with E-state index in [0.717, 1.165) is 32.1 Å². The van der Waals surface area contributed by atoms with E-state index in [1.807, 2.05) is 6.07 Å². The Morgan fingerprint density at radius 1 is 1.11 bits per heavy atom. The smallest absolute Gasteiger partial charge is 0.349 e. The molecule has 1 amide bonds. The number of carbonyl (C=O) groups is 2. The van der Waals surface area contributed by atoms with E-state index in [-0.39, 0.29) is 23.5 Å². The molecule has 1 aliphatic rings. The van der Waals surface area contributed by atoms with Gasteiger partial charge in [-0.15, -0.1) is 0 Å². The van der Waals surface area contributed by atoms with E-state index in [9.17, 15) is 14.7 Å².